The SMILES string of the molecule is CC(C)(c1ccccc1)c1cc(C(C)(C)c2ccccc2)cc(C(C)(C)c2ccc(O)cc2)c1.CC(C)(c1ccccc1)c1ccc(C(C)(C)c2ccc(O)cc2)cc1. The van der Waals surface area contributed by atoms with Crippen molar-refractivity contribution >= 4 is 0 Å². The summed E-state index contributed by atoms with van der Waals surface area (Å²) in [6.07, 6.45) is 0. The molecule has 0 unspecified atom stereocenters. The number of phenolic OH excluding ortho intramolecular Hbond substituents is 2. The second-order valence-electron chi connectivity index (χ2n) is 18.7. The molecule has 2 nitrogen and oxygen atoms in total. The molecule has 0 spiro atoms. The molecule has 0 aliphatic rings. The number of aromatic hydroxyl groups is 2. The van der Waals surface area contributed by atoms with Crippen molar-refractivity contribution in [3.05, 3.63) is 238 Å². The van der Waals surface area contributed by atoms with Crippen LogP contribution in [0.2, 0.25) is 0 Å². The van der Waals surface area contributed by atoms with Gasteiger partial charge in [0.25, 0.3) is 0 Å². The van der Waals surface area contributed by atoms with Crippen LogP contribution in [0.1, 0.15) is 125 Å². The number of rotatable bonds is 10. The number of phenols is 2. The van der Waals surface area contributed by atoms with E-state index in [4.69, 9.17) is 0 Å². The van der Waals surface area contributed by atoms with Crippen LogP contribution in [-0.2, 0) is 27.1 Å². The summed E-state index contributed by atoms with van der Waals surface area (Å²) in [6, 6.07) is 63.4. The minimum absolute atomic E-state index is 0.0253. The van der Waals surface area contributed by atoms with Crippen molar-refractivity contribution in [3.63, 3.8) is 0 Å². The second-order valence-corrected chi connectivity index (χ2v) is 18.7. The highest BCUT2D eigenvalue weighted by Crippen LogP contribution is 2.42. The van der Waals surface area contributed by atoms with Gasteiger partial charge in [0, 0.05) is 27.1 Å². The second kappa shape index (κ2) is 16.8. The lowest BCUT2D eigenvalue weighted by molar-refractivity contribution is 0.474. The summed E-state index contributed by atoms with van der Waals surface area (Å²) in [5.41, 5.74) is 12.1. The molecule has 0 aliphatic heterocycles. The molecule has 0 fully saturated rings. The topological polar surface area (TPSA) is 40.5 Å². The van der Waals surface area contributed by atoms with E-state index in [1.54, 1.807) is 24.3 Å². The van der Waals surface area contributed by atoms with E-state index in [9.17, 15) is 10.2 Å². The highest BCUT2D eigenvalue weighted by atomic mass is 16.3. The molecule has 302 valence electrons. The third-order valence-electron chi connectivity index (χ3n) is 13.1. The molecular weight excluding hydrogens is 717 g/mol. The van der Waals surface area contributed by atoms with E-state index in [1.807, 2.05) is 24.3 Å². The fourth-order valence-electron chi connectivity index (χ4n) is 8.17. The maximum atomic E-state index is 9.85. The van der Waals surface area contributed by atoms with Gasteiger partial charge >= 0.3 is 0 Å². The normalized spacial score (nSPS) is 12.4. The van der Waals surface area contributed by atoms with Crippen LogP contribution in [0, 0.1) is 0 Å². The van der Waals surface area contributed by atoms with Crippen molar-refractivity contribution in [2.75, 3.05) is 0 Å². The molecule has 2 N–H and O–H groups in total. The molecule has 0 bridgehead atoms. The maximum Gasteiger partial charge on any atom is 0.115 e. The van der Waals surface area contributed by atoms with Crippen molar-refractivity contribution in [1.82, 2.24) is 0 Å². The zero-order valence-corrected chi connectivity index (χ0v) is 36.7. The average molecular weight is 779 g/mol. The van der Waals surface area contributed by atoms with Crippen LogP contribution in [0.3, 0.4) is 0 Å². The molecule has 7 rings (SSSR count). The Labute approximate surface area is 354 Å². The fourth-order valence-corrected chi connectivity index (χ4v) is 8.17. The Bertz CT molecular complexity index is 2350. The monoisotopic (exact) mass is 778 g/mol. The van der Waals surface area contributed by atoms with Gasteiger partial charge in [0.1, 0.15) is 11.5 Å². The zero-order valence-electron chi connectivity index (χ0n) is 36.7. The van der Waals surface area contributed by atoms with E-state index in [-0.39, 0.29) is 27.1 Å². The van der Waals surface area contributed by atoms with E-state index in [2.05, 4.69) is 203 Å². The standard InChI is InChI=1S/C33H36O.C24H26O/c1-31(2,24-13-9-7-10-14-24)27-21-28(32(3,4)25-15-11-8-12-16-25)23-29(22-27)33(5,6)26-17-19-30(34)20-18-26;1-23(2,18-8-6-5-7-9-18)19-10-12-20(13-11-19)24(3,4)21-14-16-22(25)17-15-21/h7-23,34H,1-6H3;5-17,25H,1-4H3. The Hall–Kier alpha value is -5.86. The van der Waals surface area contributed by atoms with Crippen molar-refractivity contribution < 1.29 is 10.2 Å². The summed E-state index contributed by atoms with van der Waals surface area (Å²) in [5.74, 6) is 0.601. The van der Waals surface area contributed by atoms with Gasteiger partial charge in [-0.15, -0.1) is 0 Å². The predicted octanol–water partition coefficient (Wildman–Crippen LogP) is 14.4. The summed E-state index contributed by atoms with van der Waals surface area (Å²) >= 11 is 0. The zero-order chi connectivity index (χ0) is 42.6. The van der Waals surface area contributed by atoms with Gasteiger partial charge in [-0.25, -0.2) is 0 Å². The lowest BCUT2D eigenvalue weighted by Crippen LogP contribution is -2.26. The molecule has 7 aromatic rings. The summed E-state index contributed by atoms with van der Waals surface area (Å²) < 4.78 is 0. The fraction of sp³-hybridized carbons (Fsp3) is 0.263. The Kier molecular flexibility index (Phi) is 12.2. The molecule has 0 heterocycles. The first-order valence-corrected chi connectivity index (χ1v) is 20.9. The largest absolute Gasteiger partial charge is 0.508 e. The van der Waals surface area contributed by atoms with Gasteiger partial charge in [-0.3, -0.25) is 0 Å². The van der Waals surface area contributed by atoms with Crippen molar-refractivity contribution in [1.29, 1.82) is 0 Å². The van der Waals surface area contributed by atoms with Crippen LogP contribution in [0.15, 0.2) is 182 Å². The summed E-state index contributed by atoms with van der Waals surface area (Å²) in [7, 11) is 0. The maximum absolute atomic E-state index is 9.85. The number of hydrogen-bond acceptors (Lipinski definition) is 2. The van der Waals surface area contributed by atoms with Gasteiger partial charge in [-0.05, 0) is 79.9 Å². The molecule has 0 saturated heterocycles. The van der Waals surface area contributed by atoms with Gasteiger partial charge < -0.3 is 10.2 Å². The minimum Gasteiger partial charge on any atom is -0.508 e. The Morgan fingerprint density at radius 1 is 0.220 bits per heavy atom. The van der Waals surface area contributed by atoms with Gasteiger partial charge in [0.2, 0.25) is 0 Å². The van der Waals surface area contributed by atoms with Crippen LogP contribution in [0.4, 0.5) is 0 Å². The van der Waals surface area contributed by atoms with Crippen LogP contribution in [0.25, 0.3) is 0 Å². The Balaban J connectivity index is 0.000000208. The Morgan fingerprint density at radius 3 is 0.610 bits per heavy atom. The van der Waals surface area contributed by atoms with Crippen LogP contribution < -0.4 is 0 Å². The highest BCUT2D eigenvalue weighted by molar-refractivity contribution is 5.51. The molecule has 0 radical (unpaired) electrons. The third-order valence-corrected chi connectivity index (χ3v) is 13.1. The highest BCUT2D eigenvalue weighted by Gasteiger charge is 2.33. The number of hydrogen-bond donors (Lipinski definition) is 2. The van der Waals surface area contributed by atoms with Crippen LogP contribution in [-0.4, -0.2) is 10.2 Å². The number of benzene rings is 7. The third kappa shape index (κ3) is 9.08. The molecule has 59 heavy (non-hydrogen) atoms. The first-order chi connectivity index (χ1) is 27.8. The summed E-state index contributed by atoms with van der Waals surface area (Å²) in [6.45, 7) is 22.8. The smallest absolute Gasteiger partial charge is 0.115 e. The molecule has 0 aromatic heterocycles. The molecule has 0 amide bonds. The quantitative estimate of drug-likeness (QED) is 0.145. The van der Waals surface area contributed by atoms with E-state index in [0.29, 0.717) is 11.5 Å². The molecule has 0 atom stereocenters. The molecule has 7 aromatic carbocycles. The summed E-state index contributed by atoms with van der Waals surface area (Å²) in [4.78, 5) is 0. The molecule has 0 saturated carbocycles. The lowest BCUT2D eigenvalue weighted by Gasteiger charge is -2.35. The minimum atomic E-state index is -0.224. The van der Waals surface area contributed by atoms with Gasteiger partial charge in [0.15, 0.2) is 0 Å². The lowest BCUT2D eigenvalue weighted by atomic mass is 9.69. The van der Waals surface area contributed by atoms with E-state index in [1.165, 1.54) is 55.6 Å². The van der Waals surface area contributed by atoms with Gasteiger partial charge in [0.05, 0.1) is 0 Å². The predicted molar refractivity (Wildman–Crippen MR) is 249 cm³/mol. The van der Waals surface area contributed by atoms with Crippen molar-refractivity contribution in [2.45, 2.75) is 96.3 Å². The van der Waals surface area contributed by atoms with Crippen molar-refractivity contribution in [2.24, 2.45) is 0 Å². The van der Waals surface area contributed by atoms with Crippen molar-refractivity contribution in [3.8, 4) is 11.5 Å². The first-order valence-electron chi connectivity index (χ1n) is 20.9. The van der Waals surface area contributed by atoms with E-state index in [0.717, 1.165) is 0 Å². The van der Waals surface area contributed by atoms with Crippen LogP contribution in [0.5, 0.6) is 11.5 Å². The van der Waals surface area contributed by atoms with Gasteiger partial charge in [-0.2, -0.15) is 0 Å². The van der Waals surface area contributed by atoms with Crippen LogP contribution >= 0.6 is 0 Å². The van der Waals surface area contributed by atoms with Gasteiger partial charge in [-0.1, -0.05) is 227 Å². The molecule has 0 aliphatic carbocycles. The molecule has 2 heteroatoms. The van der Waals surface area contributed by atoms with E-state index >= 15 is 0 Å². The average Bonchev–Trinajstić information content (AvgIpc) is 3.25. The Morgan fingerprint density at radius 2 is 0.390 bits per heavy atom. The first kappa shape index (κ1) is 42.7. The summed E-state index contributed by atoms with van der Waals surface area (Å²) in [5, 5.41) is 19.4. The molecular formula is C57H62O2. The van der Waals surface area contributed by atoms with E-state index < -0.39 is 0 Å².